The number of hydroxylamine groups is 1. The number of hydrogen-bond donors (Lipinski definition) is 2. The number of nitrogens with zero attached hydrogens (tertiary/aromatic N) is 7. The van der Waals surface area contributed by atoms with Crippen LogP contribution in [0.3, 0.4) is 0 Å². The molecule has 4 fully saturated rings. The Balaban J connectivity index is 1.10. The molecule has 3 aromatic rings. The van der Waals surface area contributed by atoms with E-state index in [-0.39, 0.29) is 5.91 Å². The molecule has 52 heavy (non-hydrogen) atoms. The van der Waals surface area contributed by atoms with Crippen LogP contribution in [0.1, 0.15) is 43.7 Å². The summed E-state index contributed by atoms with van der Waals surface area (Å²) in [6, 6.07) is 9.98. The Kier molecular flexibility index (Phi) is 11.2. The lowest BCUT2D eigenvalue weighted by atomic mass is 10.0. The molecule has 0 spiro atoms. The van der Waals surface area contributed by atoms with Gasteiger partial charge in [-0.15, -0.1) is 0 Å². The molecule has 7 rings (SSSR count). The zero-order valence-electron chi connectivity index (χ0n) is 30.2. The average Bonchev–Trinajstić information content (AvgIpc) is 3.87. The second-order valence-corrected chi connectivity index (χ2v) is 14.3. The number of nitrogens with one attached hydrogen (secondary N) is 2. The summed E-state index contributed by atoms with van der Waals surface area (Å²) in [6.45, 7) is 7.34. The predicted molar refractivity (Wildman–Crippen MR) is 198 cm³/mol. The van der Waals surface area contributed by atoms with Crippen LogP contribution in [0.15, 0.2) is 54.9 Å². The Morgan fingerprint density at radius 3 is 2.25 bits per heavy atom. The highest BCUT2D eigenvalue weighted by Gasteiger charge is 2.34. The molecule has 12 nitrogen and oxygen atoms in total. The quantitative estimate of drug-likeness (QED) is 0.242. The van der Waals surface area contributed by atoms with Crippen molar-refractivity contribution in [2.75, 3.05) is 94.2 Å². The van der Waals surface area contributed by atoms with Crippen molar-refractivity contribution in [2.24, 2.45) is 0 Å². The minimum atomic E-state index is -0.648. The molecule has 1 amide bonds. The number of hydrogen-bond acceptors (Lipinski definition) is 11. The molecule has 0 radical (unpaired) electrons. The average molecular weight is 718 g/mol. The molecule has 4 heterocycles. The van der Waals surface area contributed by atoms with Crippen molar-refractivity contribution in [2.45, 2.75) is 50.2 Å². The Morgan fingerprint density at radius 1 is 0.904 bits per heavy atom. The van der Waals surface area contributed by atoms with Crippen molar-refractivity contribution in [3.63, 3.8) is 0 Å². The van der Waals surface area contributed by atoms with Crippen LogP contribution in [0.5, 0.6) is 5.75 Å². The highest BCUT2D eigenvalue weighted by Crippen LogP contribution is 2.41. The number of likely N-dealkylation sites (N-methyl/N-ethyl adjacent to an activating group) is 1. The van der Waals surface area contributed by atoms with E-state index in [1.807, 2.05) is 37.2 Å². The van der Waals surface area contributed by atoms with Gasteiger partial charge in [0.25, 0.3) is 0 Å². The number of halogens is 2. The van der Waals surface area contributed by atoms with E-state index >= 15 is 0 Å². The molecule has 2 aromatic carbocycles. The number of methoxy groups -OCH3 is 1. The minimum absolute atomic E-state index is 0.224. The van der Waals surface area contributed by atoms with Crippen LogP contribution in [0.2, 0.25) is 0 Å². The molecule has 3 saturated heterocycles. The third-order valence-electron chi connectivity index (χ3n) is 10.4. The first-order chi connectivity index (χ1) is 25.2. The number of carbonyl (C=O) groups excluding carboxylic acids is 1. The fourth-order valence-corrected chi connectivity index (χ4v) is 7.56. The van der Waals surface area contributed by atoms with Crippen molar-refractivity contribution in [3.05, 3.63) is 72.1 Å². The van der Waals surface area contributed by atoms with Gasteiger partial charge in [-0.25, -0.2) is 23.8 Å². The van der Waals surface area contributed by atoms with E-state index in [0.29, 0.717) is 59.9 Å². The summed E-state index contributed by atoms with van der Waals surface area (Å²) in [5.74, 6) is -0.0635. The van der Waals surface area contributed by atoms with E-state index in [9.17, 15) is 13.6 Å². The van der Waals surface area contributed by atoms with Crippen molar-refractivity contribution >= 4 is 34.6 Å². The largest absolute Gasteiger partial charge is 0.494 e. The molecule has 1 aromatic heterocycles. The highest BCUT2D eigenvalue weighted by molar-refractivity contribution is 6.02. The normalized spacial score (nSPS) is 20.6. The number of rotatable bonds is 12. The number of piperazine rings is 1. The van der Waals surface area contributed by atoms with E-state index in [0.717, 1.165) is 56.8 Å². The summed E-state index contributed by atoms with van der Waals surface area (Å²) >= 11 is 0. The Labute approximate surface area is 304 Å². The lowest BCUT2D eigenvalue weighted by Gasteiger charge is -2.43. The van der Waals surface area contributed by atoms with E-state index in [4.69, 9.17) is 9.57 Å². The summed E-state index contributed by atoms with van der Waals surface area (Å²) < 4.78 is 34.1. The van der Waals surface area contributed by atoms with Crippen LogP contribution < -0.4 is 25.3 Å². The minimum Gasteiger partial charge on any atom is -0.494 e. The second kappa shape index (κ2) is 16.1. The molecule has 2 N–H and O–H groups in total. The molecule has 0 bridgehead atoms. The van der Waals surface area contributed by atoms with Gasteiger partial charge in [-0.2, -0.15) is 0 Å². The van der Waals surface area contributed by atoms with Gasteiger partial charge in [0, 0.05) is 88.6 Å². The molecular formula is C38H49F2N9O3. The Bertz CT molecular complexity index is 1720. The molecular weight excluding hydrogens is 668 g/mol. The van der Waals surface area contributed by atoms with Crippen molar-refractivity contribution in [1.82, 2.24) is 24.7 Å². The number of amides is 1. The maximum atomic E-state index is 14.1. The van der Waals surface area contributed by atoms with Gasteiger partial charge in [-0.1, -0.05) is 6.08 Å². The monoisotopic (exact) mass is 717 g/mol. The van der Waals surface area contributed by atoms with Gasteiger partial charge in [0.1, 0.15) is 29.5 Å². The van der Waals surface area contributed by atoms with Gasteiger partial charge < -0.3 is 25.2 Å². The lowest BCUT2D eigenvalue weighted by Crippen LogP contribution is -2.53. The number of anilines is 5. The Hall–Kier alpha value is -4.37. The van der Waals surface area contributed by atoms with E-state index in [2.05, 4.69) is 35.3 Å². The summed E-state index contributed by atoms with van der Waals surface area (Å²) in [5.41, 5.74) is 2.61. The van der Waals surface area contributed by atoms with Crippen LogP contribution in [0.4, 0.5) is 37.5 Å². The molecule has 3 aliphatic heterocycles. The SMILES string of the molecule is COc1cc(N2CCC(N3CCN(C4CC4)CC3)CC2)c(NC(=O)/C=C/CN(C)C)cc1Nc1cc(N2OCCC2c2cc(F)cc(F)c2)ncn1. The first-order valence-electron chi connectivity index (χ1n) is 18.3. The number of carbonyl (C=O) groups is 1. The number of aromatic nitrogens is 2. The molecule has 1 unspecified atom stereocenters. The fraction of sp³-hybridized carbons (Fsp3) is 0.500. The van der Waals surface area contributed by atoms with Gasteiger partial charge in [-0.3, -0.25) is 19.4 Å². The lowest BCUT2D eigenvalue weighted by molar-refractivity contribution is -0.111. The second-order valence-electron chi connectivity index (χ2n) is 14.3. The van der Waals surface area contributed by atoms with Gasteiger partial charge in [0.2, 0.25) is 5.91 Å². The third-order valence-corrected chi connectivity index (χ3v) is 10.4. The van der Waals surface area contributed by atoms with Gasteiger partial charge in [0.15, 0.2) is 5.82 Å². The number of benzene rings is 2. The van der Waals surface area contributed by atoms with Crippen LogP contribution in [0.25, 0.3) is 0 Å². The van der Waals surface area contributed by atoms with Crippen LogP contribution >= 0.6 is 0 Å². The maximum absolute atomic E-state index is 14.1. The summed E-state index contributed by atoms with van der Waals surface area (Å²) in [5, 5.41) is 8.03. The standard InChI is InChI=1S/C38H49F2N9O3/c1-45(2)11-4-5-38(50)44-31-22-32(43-36-24-37(42-25-41-36)49-33(10-18-52-49)26-19-27(39)21-28(40)20-26)35(51-3)23-34(31)48-12-8-30(9-13-48)47-16-14-46(15-17-47)29-6-7-29/h4-5,19-25,29-30,33H,6-18H2,1-3H3,(H,44,50)(H,41,42,43)/b5-4+. The van der Waals surface area contributed by atoms with Gasteiger partial charge in [0.05, 0.1) is 36.8 Å². The Morgan fingerprint density at radius 2 is 1.60 bits per heavy atom. The first-order valence-corrected chi connectivity index (χ1v) is 18.3. The first kappa shape index (κ1) is 36.0. The van der Waals surface area contributed by atoms with Crippen LogP contribution in [-0.2, 0) is 9.63 Å². The van der Waals surface area contributed by atoms with E-state index < -0.39 is 17.7 Å². The van der Waals surface area contributed by atoms with E-state index in [1.54, 1.807) is 24.3 Å². The van der Waals surface area contributed by atoms with Crippen LogP contribution in [-0.4, -0.2) is 116 Å². The molecule has 1 aliphatic carbocycles. The zero-order chi connectivity index (χ0) is 36.2. The third kappa shape index (κ3) is 8.63. The molecule has 14 heteroatoms. The smallest absolute Gasteiger partial charge is 0.248 e. The summed E-state index contributed by atoms with van der Waals surface area (Å²) in [7, 11) is 5.52. The number of ether oxygens (including phenoxy) is 1. The zero-order valence-corrected chi connectivity index (χ0v) is 30.2. The van der Waals surface area contributed by atoms with Crippen molar-refractivity contribution < 1.29 is 23.1 Å². The van der Waals surface area contributed by atoms with Crippen molar-refractivity contribution in [1.29, 1.82) is 0 Å². The predicted octanol–water partition coefficient (Wildman–Crippen LogP) is 5.20. The number of piperidine rings is 1. The van der Waals surface area contributed by atoms with Gasteiger partial charge in [-0.05, 0) is 63.5 Å². The van der Waals surface area contributed by atoms with Crippen molar-refractivity contribution in [3.8, 4) is 5.75 Å². The molecule has 1 saturated carbocycles. The van der Waals surface area contributed by atoms with Gasteiger partial charge >= 0.3 is 0 Å². The molecule has 1 atom stereocenters. The fourth-order valence-electron chi connectivity index (χ4n) is 7.56. The summed E-state index contributed by atoms with van der Waals surface area (Å²) in [6.07, 6.45) is 10.1. The molecule has 4 aliphatic rings. The maximum Gasteiger partial charge on any atom is 0.248 e. The van der Waals surface area contributed by atoms with E-state index in [1.165, 1.54) is 44.4 Å². The summed E-state index contributed by atoms with van der Waals surface area (Å²) in [4.78, 5) is 37.6. The molecule has 278 valence electrons. The topological polar surface area (TPSA) is 102 Å². The highest BCUT2D eigenvalue weighted by atomic mass is 19.1. The van der Waals surface area contributed by atoms with Crippen LogP contribution in [0, 0.1) is 11.6 Å².